The Morgan fingerprint density at radius 3 is 2.84 bits per heavy atom. The van der Waals surface area contributed by atoms with Crippen LogP contribution in [0.4, 0.5) is 4.79 Å². The maximum atomic E-state index is 12.1. The standard InChI is InChI=1S/C19H23N5O/c1-13(17-12-22-24(3)14(17)2)23-19(25)21-11-9-16-7-4-6-15-8-5-10-20-18(15)16/h4-8,10,12-13H,9,11H2,1-3H3,(H2,21,23,25)/t13-/m0/s1. The highest BCUT2D eigenvalue weighted by atomic mass is 16.2. The Balaban J connectivity index is 1.55. The highest BCUT2D eigenvalue weighted by Gasteiger charge is 2.14. The Bertz CT molecular complexity index is 881. The SMILES string of the molecule is Cc1c([C@H](C)NC(=O)NCCc2cccc3cccnc23)cnn1C. The molecule has 2 heterocycles. The number of rotatable bonds is 5. The lowest BCUT2D eigenvalue weighted by Crippen LogP contribution is -2.38. The molecule has 0 saturated heterocycles. The normalized spacial score (nSPS) is 12.1. The summed E-state index contributed by atoms with van der Waals surface area (Å²) < 4.78 is 1.80. The summed E-state index contributed by atoms with van der Waals surface area (Å²) in [5.41, 5.74) is 4.20. The number of carbonyl (C=O) groups is 1. The molecule has 2 N–H and O–H groups in total. The average Bonchev–Trinajstić information content (AvgIpc) is 2.94. The molecule has 6 nitrogen and oxygen atoms in total. The fourth-order valence-electron chi connectivity index (χ4n) is 2.95. The molecule has 2 aromatic heterocycles. The molecule has 0 aliphatic heterocycles. The van der Waals surface area contributed by atoms with E-state index in [1.54, 1.807) is 17.1 Å². The molecule has 1 aromatic carbocycles. The van der Waals surface area contributed by atoms with Gasteiger partial charge < -0.3 is 10.6 Å². The summed E-state index contributed by atoms with van der Waals surface area (Å²) in [4.78, 5) is 16.6. The van der Waals surface area contributed by atoms with Gasteiger partial charge in [-0.2, -0.15) is 5.10 Å². The first-order chi connectivity index (χ1) is 12.1. The molecule has 0 bridgehead atoms. The Kier molecular flexibility index (Phi) is 4.97. The van der Waals surface area contributed by atoms with Crippen molar-refractivity contribution in [2.45, 2.75) is 26.3 Å². The molecule has 2 amide bonds. The molecule has 1 atom stereocenters. The van der Waals surface area contributed by atoms with Gasteiger partial charge in [-0.15, -0.1) is 0 Å². The molecule has 0 aliphatic carbocycles. The van der Waals surface area contributed by atoms with E-state index in [2.05, 4.69) is 26.8 Å². The minimum absolute atomic E-state index is 0.0899. The lowest BCUT2D eigenvalue weighted by Gasteiger charge is -2.14. The monoisotopic (exact) mass is 337 g/mol. The number of amides is 2. The number of pyridine rings is 1. The minimum Gasteiger partial charge on any atom is -0.338 e. The number of hydrogen-bond donors (Lipinski definition) is 2. The Morgan fingerprint density at radius 2 is 2.08 bits per heavy atom. The summed E-state index contributed by atoms with van der Waals surface area (Å²) in [6.07, 6.45) is 4.33. The van der Waals surface area contributed by atoms with Gasteiger partial charge in [0.2, 0.25) is 0 Å². The third kappa shape index (κ3) is 3.79. The Morgan fingerprint density at radius 1 is 1.28 bits per heavy atom. The maximum absolute atomic E-state index is 12.1. The molecule has 0 radical (unpaired) electrons. The molecule has 0 aliphatic rings. The number of nitrogens with one attached hydrogen (secondary N) is 2. The third-order valence-corrected chi connectivity index (χ3v) is 4.48. The van der Waals surface area contributed by atoms with Gasteiger partial charge in [-0.25, -0.2) is 4.79 Å². The lowest BCUT2D eigenvalue weighted by molar-refractivity contribution is 0.238. The van der Waals surface area contributed by atoms with Gasteiger partial charge in [-0.1, -0.05) is 24.3 Å². The fraction of sp³-hybridized carbons (Fsp3) is 0.316. The van der Waals surface area contributed by atoms with Crippen LogP contribution < -0.4 is 10.6 Å². The molecule has 25 heavy (non-hydrogen) atoms. The second-order valence-electron chi connectivity index (χ2n) is 6.17. The number of benzene rings is 1. The summed E-state index contributed by atoms with van der Waals surface area (Å²) in [5, 5.41) is 11.2. The molecule has 0 saturated carbocycles. The van der Waals surface area contributed by atoms with E-state index in [1.165, 1.54) is 0 Å². The number of carbonyl (C=O) groups excluding carboxylic acids is 1. The average molecular weight is 337 g/mol. The van der Waals surface area contributed by atoms with Crippen molar-refractivity contribution >= 4 is 16.9 Å². The van der Waals surface area contributed by atoms with Gasteiger partial charge in [0.15, 0.2) is 0 Å². The maximum Gasteiger partial charge on any atom is 0.315 e. The lowest BCUT2D eigenvalue weighted by atomic mass is 10.1. The van der Waals surface area contributed by atoms with Crippen molar-refractivity contribution in [3.8, 4) is 0 Å². The highest BCUT2D eigenvalue weighted by molar-refractivity contribution is 5.81. The summed E-state index contributed by atoms with van der Waals surface area (Å²) >= 11 is 0. The van der Waals surface area contributed by atoms with Crippen molar-refractivity contribution in [1.29, 1.82) is 0 Å². The van der Waals surface area contributed by atoms with Gasteiger partial charge in [0.1, 0.15) is 0 Å². The predicted octanol–water partition coefficient (Wildman–Crippen LogP) is 2.88. The number of para-hydroxylation sites is 1. The third-order valence-electron chi connectivity index (χ3n) is 4.48. The van der Waals surface area contributed by atoms with E-state index >= 15 is 0 Å². The van der Waals surface area contributed by atoms with Crippen LogP contribution in [0.15, 0.2) is 42.7 Å². The number of aryl methyl sites for hydroxylation is 1. The second kappa shape index (κ2) is 7.34. The van der Waals surface area contributed by atoms with Gasteiger partial charge in [0.05, 0.1) is 17.8 Å². The van der Waals surface area contributed by atoms with Gasteiger partial charge in [0.25, 0.3) is 0 Å². The molecule has 0 unspecified atom stereocenters. The number of urea groups is 1. The molecular weight excluding hydrogens is 314 g/mol. The number of fused-ring (bicyclic) bond motifs is 1. The molecule has 6 heteroatoms. The molecule has 130 valence electrons. The van der Waals surface area contributed by atoms with Crippen LogP contribution in [-0.2, 0) is 13.5 Å². The number of hydrogen-bond acceptors (Lipinski definition) is 3. The summed E-state index contributed by atoms with van der Waals surface area (Å²) in [7, 11) is 1.89. The van der Waals surface area contributed by atoms with Crippen molar-refractivity contribution in [3.05, 3.63) is 59.5 Å². The van der Waals surface area contributed by atoms with Gasteiger partial charge in [0, 0.05) is 36.4 Å². The van der Waals surface area contributed by atoms with E-state index in [9.17, 15) is 4.79 Å². The minimum atomic E-state index is -0.177. The van der Waals surface area contributed by atoms with Crippen LogP contribution in [-0.4, -0.2) is 27.3 Å². The predicted molar refractivity (Wildman–Crippen MR) is 98.3 cm³/mol. The smallest absolute Gasteiger partial charge is 0.315 e. The van der Waals surface area contributed by atoms with Crippen LogP contribution in [0.3, 0.4) is 0 Å². The Hall–Kier alpha value is -2.89. The van der Waals surface area contributed by atoms with E-state index in [1.807, 2.05) is 45.2 Å². The van der Waals surface area contributed by atoms with Gasteiger partial charge in [-0.3, -0.25) is 9.67 Å². The molecular formula is C19H23N5O. The van der Waals surface area contributed by atoms with E-state index < -0.39 is 0 Å². The molecule has 3 rings (SSSR count). The highest BCUT2D eigenvalue weighted by Crippen LogP contribution is 2.17. The topological polar surface area (TPSA) is 71.8 Å². The zero-order valence-corrected chi connectivity index (χ0v) is 14.8. The van der Waals surface area contributed by atoms with Gasteiger partial charge in [-0.05, 0) is 31.9 Å². The first-order valence-electron chi connectivity index (χ1n) is 8.41. The zero-order valence-electron chi connectivity index (χ0n) is 14.8. The van der Waals surface area contributed by atoms with Crippen molar-refractivity contribution in [3.63, 3.8) is 0 Å². The summed E-state index contributed by atoms with van der Waals surface area (Å²) in [5.74, 6) is 0. The van der Waals surface area contributed by atoms with Crippen molar-refractivity contribution in [1.82, 2.24) is 25.4 Å². The van der Waals surface area contributed by atoms with Crippen LogP contribution in [0, 0.1) is 6.92 Å². The van der Waals surface area contributed by atoms with Crippen LogP contribution in [0.5, 0.6) is 0 Å². The summed E-state index contributed by atoms with van der Waals surface area (Å²) in [6, 6.07) is 9.83. The molecule has 0 fully saturated rings. The van der Waals surface area contributed by atoms with E-state index in [0.717, 1.165) is 34.1 Å². The Labute approximate surface area is 147 Å². The largest absolute Gasteiger partial charge is 0.338 e. The van der Waals surface area contributed by atoms with Crippen LogP contribution in [0.2, 0.25) is 0 Å². The van der Waals surface area contributed by atoms with Crippen molar-refractivity contribution in [2.24, 2.45) is 7.05 Å². The van der Waals surface area contributed by atoms with Crippen LogP contribution in [0.1, 0.15) is 29.8 Å². The summed E-state index contributed by atoms with van der Waals surface area (Å²) in [6.45, 7) is 4.50. The van der Waals surface area contributed by atoms with Gasteiger partial charge >= 0.3 is 6.03 Å². The first kappa shape index (κ1) is 17.0. The fourth-order valence-corrected chi connectivity index (χ4v) is 2.95. The van der Waals surface area contributed by atoms with E-state index in [4.69, 9.17) is 0 Å². The quantitative estimate of drug-likeness (QED) is 0.752. The zero-order chi connectivity index (χ0) is 17.8. The van der Waals surface area contributed by atoms with Crippen molar-refractivity contribution < 1.29 is 4.79 Å². The van der Waals surface area contributed by atoms with Crippen LogP contribution in [0.25, 0.3) is 10.9 Å². The first-order valence-corrected chi connectivity index (χ1v) is 8.41. The number of aromatic nitrogens is 3. The van der Waals surface area contributed by atoms with E-state index in [0.29, 0.717) is 6.54 Å². The number of nitrogens with zero attached hydrogens (tertiary/aromatic N) is 3. The van der Waals surface area contributed by atoms with Crippen LogP contribution >= 0.6 is 0 Å². The van der Waals surface area contributed by atoms with E-state index in [-0.39, 0.29) is 12.1 Å². The molecule has 0 spiro atoms. The second-order valence-corrected chi connectivity index (χ2v) is 6.17. The van der Waals surface area contributed by atoms with Crippen molar-refractivity contribution in [2.75, 3.05) is 6.54 Å². The molecule has 3 aromatic rings.